The van der Waals surface area contributed by atoms with Crippen LogP contribution in [0.25, 0.3) is 0 Å². The lowest BCUT2D eigenvalue weighted by molar-refractivity contribution is -0.356. The fraction of sp³-hybridized carbons (Fsp3) is 0.833. The molecule has 2 N–H and O–H groups in total. The topological polar surface area (TPSA) is 80.0 Å². The lowest BCUT2D eigenvalue weighted by Gasteiger charge is -2.15. The summed E-state index contributed by atoms with van der Waals surface area (Å²) in [7, 11) is 1.48. The Morgan fingerprint density at radius 3 is 2.33 bits per heavy atom. The van der Waals surface area contributed by atoms with Gasteiger partial charge < -0.3 is 15.2 Å². The Hall–Kier alpha value is -0.850. The molecular formula is C6H13NO5. The monoisotopic (exact) mass is 179 g/mol. The number of nitrogens with two attached hydrogens (primary N) is 1. The van der Waals surface area contributed by atoms with E-state index in [-0.39, 0.29) is 0 Å². The number of methoxy groups -OCH3 is 1. The molecule has 0 radical (unpaired) electrons. The summed E-state index contributed by atoms with van der Waals surface area (Å²) in [6.45, 7) is 3.21. The summed E-state index contributed by atoms with van der Waals surface area (Å²) in [6, 6.07) is 0. The molecule has 0 aliphatic heterocycles. The second-order valence-corrected chi connectivity index (χ2v) is 2.01. The summed E-state index contributed by atoms with van der Waals surface area (Å²) in [5, 5.41) is 0. The highest BCUT2D eigenvalue weighted by Gasteiger charge is 2.09. The van der Waals surface area contributed by atoms with Crippen molar-refractivity contribution in [3.63, 3.8) is 0 Å². The van der Waals surface area contributed by atoms with Crippen molar-refractivity contribution in [1.29, 1.82) is 0 Å². The first-order chi connectivity index (χ1) is 5.56. The van der Waals surface area contributed by atoms with Crippen LogP contribution in [0.4, 0.5) is 4.79 Å². The molecule has 2 atom stereocenters. The normalized spacial score (nSPS) is 15.2. The van der Waals surface area contributed by atoms with E-state index in [2.05, 4.69) is 15.5 Å². The molecule has 0 heterocycles. The van der Waals surface area contributed by atoms with Crippen LogP contribution in [-0.4, -0.2) is 25.8 Å². The van der Waals surface area contributed by atoms with E-state index in [1.807, 2.05) is 0 Å². The van der Waals surface area contributed by atoms with Gasteiger partial charge in [-0.05, 0) is 13.8 Å². The van der Waals surface area contributed by atoms with Crippen LogP contribution in [0.15, 0.2) is 0 Å². The van der Waals surface area contributed by atoms with Crippen LogP contribution in [0.5, 0.6) is 0 Å². The summed E-state index contributed by atoms with van der Waals surface area (Å²) in [5.74, 6) is 0. The average molecular weight is 179 g/mol. The van der Waals surface area contributed by atoms with E-state index < -0.39 is 18.7 Å². The Kier molecular flexibility index (Phi) is 5.35. The third kappa shape index (κ3) is 5.90. The number of carbonyl (C=O) groups excluding carboxylic acids is 1. The van der Waals surface area contributed by atoms with Crippen LogP contribution in [-0.2, 0) is 19.2 Å². The quantitative estimate of drug-likeness (QED) is 0.374. The van der Waals surface area contributed by atoms with E-state index in [0.717, 1.165) is 0 Å². The molecule has 0 aromatic heterocycles. The average Bonchev–Trinajstić information content (AvgIpc) is 2.00. The highest BCUT2D eigenvalue weighted by Crippen LogP contribution is 2.00. The zero-order chi connectivity index (χ0) is 9.56. The van der Waals surface area contributed by atoms with Crippen molar-refractivity contribution in [2.24, 2.45) is 5.73 Å². The number of hydrogen-bond acceptors (Lipinski definition) is 5. The maximum absolute atomic E-state index is 10.0. The first-order valence-electron chi connectivity index (χ1n) is 3.37. The first-order valence-corrected chi connectivity index (χ1v) is 3.37. The molecule has 12 heavy (non-hydrogen) atoms. The van der Waals surface area contributed by atoms with Crippen molar-refractivity contribution in [3.8, 4) is 0 Å². The van der Waals surface area contributed by atoms with Gasteiger partial charge in [-0.25, -0.2) is 4.79 Å². The molecule has 0 spiro atoms. The van der Waals surface area contributed by atoms with Crippen LogP contribution in [0.3, 0.4) is 0 Å². The number of primary amides is 1. The molecular weight excluding hydrogens is 166 g/mol. The van der Waals surface area contributed by atoms with Gasteiger partial charge in [-0.2, -0.15) is 4.89 Å². The van der Waals surface area contributed by atoms with Crippen LogP contribution in [0, 0.1) is 0 Å². The van der Waals surface area contributed by atoms with Gasteiger partial charge in [-0.3, -0.25) is 4.89 Å². The maximum atomic E-state index is 10.0. The van der Waals surface area contributed by atoms with Gasteiger partial charge in [0.2, 0.25) is 6.29 Å². The fourth-order valence-electron chi connectivity index (χ4n) is 0.463. The molecule has 0 aromatic rings. The Morgan fingerprint density at radius 1 is 1.33 bits per heavy atom. The molecule has 72 valence electrons. The van der Waals surface area contributed by atoms with E-state index in [4.69, 9.17) is 9.47 Å². The summed E-state index contributed by atoms with van der Waals surface area (Å²) >= 11 is 0. The molecule has 0 bridgehead atoms. The van der Waals surface area contributed by atoms with Crippen molar-refractivity contribution in [2.75, 3.05) is 7.11 Å². The predicted octanol–water partition coefficient (Wildman–Crippen LogP) is 0.368. The summed E-state index contributed by atoms with van der Waals surface area (Å²) in [5.41, 5.74) is 4.63. The SMILES string of the molecule is COC(C)OC(C)OOC(N)=O. The Bertz CT molecular complexity index is 140. The van der Waals surface area contributed by atoms with Crippen molar-refractivity contribution in [3.05, 3.63) is 0 Å². The van der Waals surface area contributed by atoms with E-state index in [9.17, 15) is 4.79 Å². The number of amides is 1. The maximum Gasteiger partial charge on any atom is 0.436 e. The van der Waals surface area contributed by atoms with Crippen LogP contribution in [0.1, 0.15) is 13.8 Å². The smallest absolute Gasteiger partial charge is 0.356 e. The zero-order valence-electron chi connectivity index (χ0n) is 7.27. The van der Waals surface area contributed by atoms with Gasteiger partial charge in [-0.1, -0.05) is 0 Å². The fourth-order valence-corrected chi connectivity index (χ4v) is 0.463. The molecule has 6 heteroatoms. The molecule has 0 saturated heterocycles. The number of rotatable bonds is 5. The van der Waals surface area contributed by atoms with Gasteiger partial charge in [0.05, 0.1) is 0 Å². The zero-order valence-corrected chi connectivity index (χ0v) is 7.27. The van der Waals surface area contributed by atoms with E-state index in [1.165, 1.54) is 7.11 Å². The third-order valence-electron chi connectivity index (χ3n) is 0.981. The third-order valence-corrected chi connectivity index (χ3v) is 0.981. The molecule has 0 saturated carbocycles. The number of carbonyl (C=O) groups is 1. The Labute approximate surface area is 70.4 Å². The van der Waals surface area contributed by atoms with Crippen LogP contribution in [0.2, 0.25) is 0 Å². The number of ether oxygens (including phenoxy) is 2. The van der Waals surface area contributed by atoms with Crippen molar-refractivity contribution in [1.82, 2.24) is 0 Å². The van der Waals surface area contributed by atoms with Crippen molar-refractivity contribution in [2.45, 2.75) is 26.4 Å². The van der Waals surface area contributed by atoms with E-state index in [1.54, 1.807) is 13.8 Å². The Balaban J connectivity index is 3.45. The highest BCUT2D eigenvalue weighted by atomic mass is 17.2. The highest BCUT2D eigenvalue weighted by molar-refractivity contribution is 5.63. The van der Waals surface area contributed by atoms with Crippen molar-refractivity contribution >= 4 is 6.09 Å². The largest absolute Gasteiger partial charge is 0.436 e. The molecule has 0 rings (SSSR count). The minimum Gasteiger partial charge on any atom is -0.356 e. The lowest BCUT2D eigenvalue weighted by Crippen LogP contribution is -2.24. The van der Waals surface area contributed by atoms with Gasteiger partial charge in [0.1, 0.15) is 0 Å². The van der Waals surface area contributed by atoms with Gasteiger partial charge in [0.15, 0.2) is 6.29 Å². The molecule has 0 aliphatic rings. The number of hydrogen-bond donors (Lipinski definition) is 1. The van der Waals surface area contributed by atoms with Gasteiger partial charge in [0, 0.05) is 7.11 Å². The molecule has 1 amide bonds. The second-order valence-electron chi connectivity index (χ2n) is 2.01. The first kappa shape index (κ1) is 11.2. The standard InChI is InChI=1S/C6H13NO5/c1-4(9-3)10-5(2)11-12-6(7)8/h4-5H,1-3H3,(H2,7,8). The van der Waals surface area contributed by atoms with E-state index in [0.29, 0.717) is 0 Å². The second kappa shape index (κ2) is 5.76. The van der Waals surface area contributed by atoms with Gasteiger partial charge in [-0.15, -0.1) is 0 Å². The summed E-state index contributed by atoms with van der Waals surface area (Å²) in [6.07, 6.45) is -2.17. The van der Waals surface area contributed by atoms with E-state index >= 15 is 0 Å². The summed E-state index contributed by atoms with van der Waals surface area (Å²) in [4.78, 5) is 18.5. The van der Waals surface area contributed by atoms with Gasteiger partial charge in [0.25, 0.3) is 0 Å². The minimum absolute atomic E-state index is 0.434. The Morgan fingerprint density at radius 2 is 1.92 bits per heavy atom. The lowest BCUT2D eigenvalue weighted by atomic mass is 10.7. The van der Waals surface area contributed by atoms with Crippen LogP contribution < -0.4 is 5.73 Å². The minimum atomic E-state index is -1.02. The molecule has 0 aliphatic carbocycles. The molecule has 2 unspecified atom stereocenters. The van der Waals surface area contributed by atoms with Crippen molar-refractivity contribution < 1.29 is 24.0 Å². The predicted molar refractivity (Wildman–Crippen MR) is 38.8 cm³/mol. The molecule has 0 fully saturated rings. The molecule has 6 nitrogen and oxygen atoms in total. The summed E-state index contributed by atoms with van der Waals surface area (Å²) < 4.78 is 9.73. The van der Waals surface area contributed by atoms with Gasteiger partial charge >= 0.3 is 6.09 Å². The molecule has 0 aromatic carbocycles. The van der Waals surface area contributed by atoms with Crippen LogP contribution >= 0.6 is 0 Å².